The Morgan fingerprint density at radius 2 is 0.500 bits per heavy atom. The quantitative estimate of drug-likeness (QED) is 0.0503. The van der Waals surface area contributed by atoms with Crippen LogP contribution >= 0.6 is 0 Å². The van der Waals surface area contributed by atoms with E-state index in [1.165, 1.54) is 89.9 Å². The number of unbranched alkanes of at least 4 members (excludes halogenated alkanes) is 18. The summed E-state index contributed by atoms with van der Waals surface area (Å²) in [6.45, 7) is 15.4. The lowest BCUT2D eigenvalue weighted by Gasteiger charge is -2.22. The first-order chi connectivity index (χ1) is 23.1. The average Bonchev–Trinajstić information content (AvgIpc) is 2.97. The number of aliphatic carboxylic acids is 4. The molecule has 0 atom stereocenters. The zero-order valence-corrected chi connectivity index (χ0v) is 33.8. The molecule has 0 aromatic carbocycles. The summed E-state index contributed by atoms with van der Waals surface area (Å²) in [4.78, 5) is 43.6. The molecule has 0 heterocycles. The molecule has 0 fully saturated rings. The molecule has 0 bridgehead atoms. The first-order valence-corrected chi connectivity index (χ1v) is 20.0. The van der Waals surface area contributed by atoms with Gasteiger partial charge < -0.3 is 20.4 Å². The zero-order chi connectivity index (χ0) is 38.7. The fourth-order valence-corrected chi connectivity index (χ4v) is 6.38. The van der Waals surface area contributed by atoms with Crippen molar-refractivity contribution in [1.82, 2.24) is 0 Å². The molecule has 0 unspecified atom stereocenters. The van der Waals surface area contributed by atoms with Gasteiger partial charge in [0.1, 0.15) is 0 Å². The second kappa shape index (κ2) is 27.5. The summed E-state index contributed by atoms with van der Waals surface area (Å²) in [6.07, 6.45) is 28.0. The monoisotopic (exact) mass is 713 g/mol. The van der Waals surface area contributed by atoms with E-state index in [1.807, 2.05) is 55.4 Å². The van der Waals surface area contributed by atoms with Gasteiger partial charge in [0.05, 0.1) is 23.7 Å². The summed E-state index contributed by atoms with van der Waals surface area (Å²) >= 11 is 0. The number of carboxylic acid groups (broad SMARTS) is 4. The number of hydrogen-bond donors (Lipinski definition) is 4. The minimum absolute atomic E-state index is 0.0887. The SMILES string of the molecule is CC(C)(CCCCCCCCCCC(C)(C)CC(=O)O)CC(=O)O.CC(C)(CCCCCCCCCCCCCCC(C)(C)C(=O)O)C(=O)O. The molecular formula is C42H80O8. The highest BCUT2D eigenvalue weighted by Crippen LogP contribution is 2.30. The van der Waals surface area contributed by atoms with Crippen molar-refractivity contribution in [2.24, 2.45) is 21.7 Å². The molecule has 0 saturated carbocycles. The molecule has 8 nitrogen and oxygen atoms in total. The Bertz CT molecular complexity index is 845. The van der Waals surface area contributed by atoms with E-state index in [0.29, 0.717) is 0 Å². The van der Waals surface area contributed by atoms with Gasteiger partial charge >= 0.3 is 23.9 Å². The molecule has 8 heteroatoms. The largest absolute Gasteiger partial charge is 0.481 e. The van der Waals surface area contributed by atoms with Gasteiger partial charge in [-0.15, -0.1) is 0 Å². The molecule has 0 aromatic heterocycles. The molecule has 0 aliphatic heterocycles. The molecule has 0 rings (SSSR count). The lowest BCUT2D eigenvalue weighted by molar-refractivity contribution is -0.148. The van der Waals surface area contributed by atoms with Crippen molar-refractivity contribution in [3.05, 3.63) is 0 Å². The van der Waals surface area contributed by atoms with Gasteiger partial charge in [0.25, 0.3) is 0 Å². The van der Waals surface area contributed by atoms with Gasteiger partial charge in [0.15, 0.2) is 0 Å². The zero-order valence-electron chi connectivity index (χ0n) is 33.8. The Morgan fingerprint density at radius 1 is 0.320 bits per heavy atom. The van der Waals surface area contributed by atoms with Crippen molar-refractivity contribution in [3.8, 4) is 0 Å². The van der Waals surface area contributed by atoms with Crippen LogP contribution in [0.15, 0.2) is 0 Å². The van der Waals surface area contributed by atoms with Crippen LogP contribution in [-0.2, 0) is 19.2 Å². The first-order valence-electron chi connectivity index (χ1n) is 20.0. The number of carboxylic acids is 4. The lowest BCUT2D eigenvalue weighted by atomic mass is 9.83. The number of rotatable bonds is 32. The summed E-state index contributed by atoms with van der Waals surface area (Å²) in [5, 5.41) is 35.8. The van der Waals surface area contributed by atoms with Crippen LogP contribution in [0.4, 0.5) is 0 Å². The molecule has 296 valence electrons. The maximum atomic E-state index is 11.0. The summed E-state index contributed by atoms with van der Waals surface area (Å²) in [5.74, 6) is -2.79. The third-order valence-electron chi connectivity index (χ3n) is 10.2. The predicted molar refractivity (Wildman–Crippen MR) is 206 cm³/mol. The van der Waals surface area contributed by atoms with Crippen molar-refractivity contribution >= 4 is 23.9 Å². The maximum Gasteiger partial charge on any atom is 0.309 e. The van der Waals surface area contributed by atoms with Crippen LogP contribution in [0.2, 0.25) is 0 Å². The third-order valence-corrected chi connectivity index (χ3v) is 10.2. The standard InChI is InChI=1S/C22H42O4.C20H38O4/c1-21(2,19(23)24)17-15-13-11-9-7-5-6-8-10-12-14-16-18-22(3,4)20(25)26;1-19(2,15-17(21)22)13-11-9-7-5-6-8-10-12-14-20(3,4)16-18(23)24/h5-18H2,1-4H3,(H,23,24)(H,25,26);5-16H2,1-4H3,(H,21,22)(H,23,24). The second-order valence-corrected chi connectivity index (χ2v) is 17.9. The van der Waals surface area contributed by atoms with Crippen LogP contribution in [0, 0.1) is 21.7 Å². The molecule has 0 radical (unpaired) electrons. The molecule has 0 saturated heterocycles. The van der Waals surface area contributed by atoms with Crippen LogP contribution in [0.1, 0.15) is 222 Å². The average molecular weight is 713 g/mol. The van der Waals surface area contributed by atoms with Gasteiger partial charge in [0, 0.05) is 0 Å². The van der Waals surface area contributed by atoms with Crippen molar-refractivity contribution in [3.63, 3.8) is 0 Å². The fraction of sp³-hybridized carbons (Fsp3) is 0.905. The van der Waals surface area contributed by atoms with E-state index in [1.54, 1.807) is 0 Å². The van der Waals surface area contributed by atoms with E-state index < -0.39 is 34.7 Å². The van der Waals surface area contributed by atoms with Crippen molar-refractivity contribution in [2.45, 2.75) is 222 Å². The summed E-state index contributed by atoms with van der Waals surface area (Å²) < 4.78 is 0. The van der Waals surface area contributed by atoms with Gasteiger partial charge in [-0.25, -0.2) is 0 Å². The molecule has 0 aliphatic carbocycles. The van der Waals surface area contributed by atoms with Gasteiger partial charge in [-0.1, -0.05) is 156 Å². The van der Waals surface area contributed by atoms with Crippen LogP contribution in [0.5, 0.6) is 0 Å². The minimum Gasteiger partial charge on any atom is -0.481 e. The summed E-state index contributed by atoms with van der Waals surface area (Å²) in [6, 6.07) is 0. The van der Waals surface area contributed by atoms with E-state index in [-0.39, 0.29) is 23.7 Å². The smallest absolute Gasteiger partial charge is 0.309 e. The van der Waals surface area contributed by atoms with Gasteiger partial charge in [-0.3, -0.25) is 19.2 Å². The fourth-order valence-electron chi connectivity index (χ4n) is 6.38. The van der Waals surface area contributed by atoms with Crippen LogP contribution in [0.25, 0.3) is 0 Å². The Morgan fingerprint density at radius 3 is 0.680 bits per heavy atom. The van der Waals surface area contributed by atoms with E-state index in [2.05, 4.69) is 0 Å². The predicted octanol–water partition coefficient (Wildman–Crippen LogP) is 12.6. The summed E-state index contributed by atoms with van der Waals surface area (Å²) in [5.41, 5.74) is -1.34. The highest BCUT2D eigenvalue weighted by Gasteiger charge is 2.27. The Labute approximate surface area is 307 Å². The highest BCUT2D eigenvalue weighted by atomic mass is 16.4. The van der Waals surface area contributed by atoms with Gasteiger partial charge in [0.2, 0.25) is 0 Å². The Hall–Kier alpha value is -2.12. The first kappa shape index (κ1) is 50.0. The highest BCUT2D eigenvalue weighted by molar-refractivity contribution is 5.73. The third kappa shape index (κ3) is 31.8. The molecule has 4 N–H and O–H groups in total. The molecule has 0 aromatic rings. The number of hydrogen-bond acceptors (Lipinski definition) is 4. The van der Waals surface area contributed by atoms with Crippen LogP contribution in [0.3, 0.4) is 0 Å². The van der Waals surface area contributed by atoms with Gasteiger partial charge in [-0.2, -0.15) is 0 Å². The molecule has 0 spiro atoms. The topological polar surface area (TPSA) is 149 Å². The van der Waals surface area contributed by atoms with E-state index >= 15 is 0 Å². The van der Waals surface area contributed by atoms with Crippen molar-refractivity contribution < 1.29 is 39.6 Å². The van der Waals surface area contributed by atoms with Crippen LogP contribution < -0.4 is 0 Å². The summed E-state index contributed by atoms with van der Waals surface area (Å²) in [7, 11) is 0. The lowest BCUT2D eigenvalue weighted by Crippen LogP contribution is -2.23. The minimum atomic E-state index is -0.702. The molecule has 0 aliphatic rings. The van der Waals surface area contributed by atoms with Crippen LogP contribution in [-0.4, -0.2) is 44.3 Å². The van der Waals surface area contributed by atoms with Crippen molar-refractivity contribution in [1.29, 1.82) is 0 Å². The molecule has 50 heavy (non-hydrogen) atoms. The van der Waals surface area contributed by atoms with Crippen molar-refractivity contribution in [2.75, 3.05) is 0 Å². The van der Waals surface area contributed by atoms with E-state index in [4.69, 9.17) is 20.4 Å². The Kier molecular flexibility index (Phi) is 27.5. The van der Waals surface area contributed by atoms with E-state index in [0.717, 1.165) is 64.2 Å². The van der Waals surface area contributed by atoms with E-state index in [9.17, 15) is 19.2 Å². The molecular weight excluding hydrogens is 632 g/mol. The molecule has 0 amide bonds. The normalized spacial score (nSPS) is 12.3. The Balaban J connectivity index is 0. The van der Waals surface area contributed by atoms with Gasteiger partial charge in [-0.05, 0) is 64.2 Å². The second-order valence-electron chi connectivity index (χ2n) is 17.9. The maximum absolute atomic E-state index is 11.0. The number of carbonyl (C=O) groups is 4.